The zero-order chi connectivity index (χ0) is 19.5. The van der Waals surface area contributed by atoms with Crippen LogP contribution >= 0.6 is 0 Å². The van der Waals surface area contributed by atoms with Crippen molar-refractivity contribution in [1.29, 1.82) is 0 Å². The summed E-state index contributed by atoms with van der Waals surface area (Å²) in [5, 5.41) is 3.43. The Balaban J connectivity index is 1.85. The fourth-order valence-electron chi connectivity index (χ4n) is 3.40. The molecule has 0 aromatic heterocycles. The predicted octanol–water partition coefficient (Wildman–Crippen LogP) is 3.10. The number of benzene rings is 1. The largest absolute Gasteiger partial charge is 0.493 e. The molecule has 0 bridgehead atoms. The van der Waals surface area contributed by atoms with Crippen LogP contribution in [-0.4, -0.2) is 64.0 Å². The first-order chi connectivity index (χ1) is 13.2. The van der Waals surface area contributed by atoms with Gasteiger partial charge in [0, 0.05) is 32.8 Å². The van der Waals surface area contributed by atoms with Crippen molar-refractivity contribution in [2.24, 2.45) is 4.99 Å². The first-order valence-corrected chi connectivity index (χ1v) is 10.1. The number of ether oxygens (including phenoxy) is 3. The number of piperidine rings is 1. The molecular formula is C21H35N3O3. The van der Waals surface area contributed by atoms with Crippen LogP contribution < -0.4 is 14.8 Å². The Morgan fingerprint density at radius 1 is 1.15 bits per heavy atom. The first-order valence-electron chi connectivity index (χ1n) is 10.1. The monoisotopic (exact) mass is 377 g/mol. The zero-order valence-corrected chi connectivity index (χ0v) is 17.3. The summed E-state index contributed by atoms with van der Waals surface area (Å²) in [7, 11) is 3.33. The van der Waals surface area contributed by atoms with Crippen molar-refractivity contribution in [1.82, 2.24) is 10.2 Å². The van der Waals surface area contributed by atoms with Crippen LogP contribution in [0.5, 0.6) is 11.5 Å². The molecule has 27 heavy (non-hydrogen) atoms. The van der Waals surface area contributed by atoms with Gasteiger partial charge in [-0.05, 0) is 57.2 Å². The summed E-state index contributed by atoms with van der Waals surface area (Å²) >= 11 is 0. The van der Waals surface area contributed by atoms with Crippen LogP contribution in [0.3, 0.4) is 0 Å². The van der Waals surface area contributed by atoms with Crippen molar-refractivity contribution in [2.75, 3.05) is 47.0 Å². The SMILES string of the molecule is CCNC(=NCCCc1ccc(OC)c(OC)c1)N1CCC(OCC)CC1. The minimum atomic E-state index is 0.402. The minimum Gasteiger partial charge on any atom is -0.493 e. The van der Waals surface area contributed by atoms with Crippen LogP contribution in [0.2, 0.25) is 0 Å². The van der Waals surface area contributed by atoms with Gasteiger partial charge in [0.1, 0.15) is 0 Å². The van der Waals surface area contributed by atoms with Crippen LogP contribution in [0.25, 0.3) is 0 Å². The number of methoxy groups -OCH3 is 2. The molecule has 2 rings (SSSR count). The van der Waals surface area contributed by atoms with Crippen molar-refractivity contribution < 1.29 is 14.2 Å². The average Bonchev–Trinajstić information content (AvgIpc) is 2.71. The van der Waals surface area contributed by atoms with Crippen molar-refractivity contribution in [3.8, 4) is 11.5 Å². The number of rotatable bonds is 9. The smallest absolute Gasteiger partial charge is 0.193 e. The summed E-state index contributed by atoms with van der Waals surface area (Å²) in [6, 6.07) is 6.10. The fourth-order valence-corrected chi connectivity index (χ4v) is 3.40. The van der Waals surface area contributed by atoms with Gasteiger partial charge in [-0.15, -0.1) is 0 Å². The molecule has 1 N–H and O–H groups in total. The van der Waals surface area contributed by atoms with Gasteiger partial charge >= 0.3 is 0 Å². The molecule has 1 aliphatic heterocycles. The van der Waals surface area contributed by atoms with E-state index in [2.05, 4.69) is 30.1 Å². The fraction of sp³-hybridized carbons (Fsp3) is 0.667. The summed E-state index contributed by atoms with van der Waals surface area (Å²) < 4.78 is 16.4. The maximum atomic E-state index is 5.75. The normalized spacial score (nSPS) is 15.7. The molecule has 1 aliphatic rings. The lowest BCUT2D eigenvalue weighted by Crippen LogP contribution is -2.47. The van der Waals surface area contributed by atoms with E-state index in [9.17, 15) is 0 Å². The van der Waals surface area contributed by atoms with E-state index in [0.29, 0.717) is 6.10 Å². The molecule has 0 unspecified atom stereocenters. The summed E-state index contributed by atoms with van der Waals surface area (Å²) in [5.74, 6) is 2.58. The van der Waals surface area contributed by atoms with E-state index in [1.165, 1.54) is 5.56 Å². The van der Waals surface area contributed by atoms with E-state index in [-0.39, 0.29) is 0 Å². The van der Waals surface area contributed by atoms with Crippen LogP contribution in [0.4, 0.5) is 0 Å². The topological polar surface area (TPSA) is 55.3 Å². The number of nitrogens with zero attached hydrogens (tertiary/aromatic N) is 2. The van der Waals surface area contributed by atoms with Crippen LogP contribution in [0.15, 0.2) is 23.2 Å². The molecule has 1 heterocycles. The Labute approximate surface area is 163 Å². The molecule has 152 valence electrons. The number of hydrogen-bond acceptors (Lipinski definition) is 4. The Morgan fingerprint density at radius 2 is 1.89 bits per heavy atom. The van der Waals surface area contributed by atoms with Gasteiger partial charge in [0.15, 0.2) is 17.5 Å². The molecular weight excluding hydrogens is 342 g/mol. The van der Waals surface area contributed by atoms with Crippen molar-refractivity contribution >= 4 is 5.96 Å². The second-order valence-electron chi connectivity index (χ2n) is 6.67. The lowest BCUT2D eigenvalue weighted by molar-refractivity contribution is 0.0264. The molecule has 0 aliphatic carbocycles. The average molecular weight is 378 g/mol. The van der Waals surface area contributed by atoms with Crippen LogP contribution in [0.1, 0.15) is 38.7 Å². The third-order valence-electron chi connectivity index (χ3n) is 4.81. The van der Waals surface area contributed by atoms with Crippen LogP contribution in [-0.2, 0) is 11.2 Å². The molecule has 0 amide bonds. The highest BCUT2D eigenvalue weighted by Gasteiger charge is 2.21. The van der Waals surface area contributed by atoms with Gasteiger partial charge in [0.05, 0.1) is 20.3 Å². The second-order valence-corrected chi connectivity index (χ2v) is 6.67. The minimum absolute atomic E-state index is 0.402. The van der Waals surface area contributed by atoms with Gasteiger partial charge in [-0.3, -0.25) is 4.99 Å². The van der Waals surface area contributed by atoms with Crippen molar-refractivity contribution in [2.45, 2.75) is 45.6 Å². The number of likely N-dealkylation sites (tertiary alicyclic amines) is 1. The van der Waals surface area contributed by atoms with Gasteiger partial charge in [-0.1, -0.05) is 6.07 Å². The molecule has 0 radical (unpaired) electrons. The van der Waals surface area contributed by atoms with Gasteiger partial charge in [0.2, 0.25) is 0 Å². The van der Waals surface area contributed by atoms with E-state index < -0.39 is 0 Å². The Bertz CT molecular complexity index is 584. The molecule has 6 heteroatoms. The Morgan fingerprint density at radius 3 is 2.52 bits per heavy atom. The Kier molecular flexibility index (Phi) is 9.25. The summed E-state index contributed by atoms with van der Waals surface area (Å²) in [6.45, 7) is 8.69. The highest BCUT2D eigenvalue weighted by Crippen LogP contribution is 2.27. The quantitative estimate of drug-likeness (QED) is 0.407. The lowest BCUT2D eigenvalue weighted by Gasteiger charge is -2.34. The second kappa shape index (κ2) is 11.7. The molecule has 6 nitrogen and oxygen atoms in total. The summed E-state index contributed by atoms with van der Waals surface area (Å²) in [4.78, 5) is 7.19. The van der Waals surface area contributed by atoms with Gasteiger partial charge < -0.3 is 24.4 Å². The maximum Gasteiger partial charge on any atom is 0.193 e. The van der Waals surface area contributed by atoms with E-state index in [1.807, 2.05) is 12.1 Å². The number of aliphatic imine (C=N–C) groups is 1. The van der Waals surface area contributed by atoms with Crippen molar-refractivity contribution in [3.05, 3.63) is 23.8 Å². The summed E-state index contributed by atoms with van der Waals surface area (Å²) in [6.07, 6.45) is 4.52. The van der Waals surface area contributed by atoms with Crippen molar-refractivity contribution in [3.63, 3.8) is 0 Å². The third kappa shape index (κ3) is 6.61. The molecule has 0 saturated carbocycles. The van der Waals surface area contributed by atoms with Gasteiger partial charge in [-0.2, -0.15) is 0 Å². The van der Waals surface area contributed by atoms with E-state index in [4.69, 9.17) is 19.2 Å². The van der Waals surface area contributed by atoms with Gasteiger partial charge in [-0.25, -0.2) is 0 Å². The molecule has 1 aromatic carbocycles. The van der Waals surface area contributed by atoms with E-state index in [1.54, 1.807) is 14.2 Å². The highest BCUT2D eigenvalue weighted by atomic mass is 16.5. The standard InChI is InChI=1S/C21H35N3O3/c1-5-22-21(24-14-11-18(12-15-24)27-6-2)23-13-7-8-17-9-10-19(25-3)20(16-17)26-4/h9-10,16,18H,5-8,11-15H2,1-4H3,(H,22,23). The molecule has 1 fully saturated rings. The third-order valence-corrected chi connectivity index (χ3v) is 4.81. The first kappa shape index (κ1) is 21.4. The zero-order valence-electron chi connectivity index (χ0n) is 17.3. The highest BCUT2D eigenvalue weighted by molar-refractivity contribution is 5.80. The number of guanidine groups is 1. The molecule has 1 aromatic rings. The van der Waals surface area contributed by atoms with Crippen LogP contribution in [0, 0.1) is 0 Å². The maximum absolute atomic E-state index is 5.75. The number of aryl methyl sites for hydroxylation is 1. The predicted molar refractivity (Wildman–Crippen MR) is 110 cm³/mol. The van der Waals surface area contributed by atoms with Gasteiger partial charge in [0.25, 0.3) is 0 Å². The molecule has 0 atom stereocenters. The molecule has 0 spiro atoms. The number of hydrogen-bond donors (Lipinski definition) is 1. The van der Waals surface area contributed by atoms with E-state index in [0.717, 1.165) is 75.9 Å². The molecule has 1 saturated heterocycles. The lowest BCUT2D eigenvalue weighted by atomic mass is 10.1. The summed E-state index contributed by atoms with van der Waals surface area (Å²) in [5.41, 5.74) is 1.24. The van der Waals surface area contributed by atoms with E-state index >= 15 is 0 Å². The number of nitrogens with one attached hydrogen (secondary N) is 1. The Hall–Kier alpha value is -1.95.